The van der Waals surface area contributed by atoms with E-state index in [2.05, 4.69) is 15.0 Å². The number of aromatic nitrogens is 1. The molecule has 1 aromatic heterocycles. The Hall–Kier alpha value is -1.97. The molecule has 6 nitrogen and oxygen atoms in total. The maximum Gasteiger partial charge on any atom is 0.422 e. The number of thioether (sulfide) groups is 1. The third kappa shape index (κ3) is 7.72. The van der Waals surface area contributed by atoms with E-state index in [-0.39, 0.29) is 23.8 Å². The smallest absolute Gasteiger partial charge is 0.422 e. The zero-order valence-corrected chi connectivity index (χ0v) is 12.0. The lowest BCUT2D eigenvalue weighted by Gasteiger charge is -2.13. The standard InChI is InChI=1S/C12H13F3N2O4S/c13-12(14,15)7-21-9-4-16-2-1-8(9)3-17-10(18)5-22-6-11(19)20/h1-2,4H,3,5-7H2,(H,17,18)(H,19,20). The first-order chi connectivity index (χ1) is 10.3. The van der Waals surface area contributed by atoms with E-state index in [4.69, 9.17) is 5.11 Å². The second kappa shape index (κ2) is 8.47. The number of nitrogens with one attached hydrogen (secondary N) is 1. The molecule has 0 saturated heterocycles. The number of hydrogen-bond acceptors (Lipinski definition) is 5. The third-order valence-electron chi connectivity index (χ3n) is 2.20. The molecule has 0 unspecified atom stereocenters. The molecule has 0 aliphatic heterocycles. The van der Waals surface area contributed by atoms with Gasteiger partial charge in [-0.15, -0.1) is 11.8 Å². The number of alkyl halides is 3. The number of carboxylic acid groups (broad SMARTS) is 1. The molecular formula is C12H13F3N2O4S. The maximum atomic E-state index is 12.1. The lowest BCUT2D eigenvalue weighted by Crippen LogP contribution is -2.26. The summed E-state index contributed by atoms with van der Waals surface area (Å²) in [6, 6.07) is 1.43. The second-order valence-corrected chi connectivity index (χ2v) is 5.04. The van der Waals surface area contributed by atoms with E-state index in [1.807, 2.05) is 0 Å². The van der Waals surface area contributed by atoms with Crippen LogP contribution in [0.15, 0.2) is 18.5 Å². The average molecular weight is 338 g/mol. The van der Waals surface area contributed by atoms with Gasteiger partial charge in [0.2, 0.25) is 5.91 Å². The van der Waals surface area contributed by atoms with Crippen LogP contribution >= 0.6 is 11.8 Å². The van der Waals surface area contributed by atoms with Gasteiger partial charge in [-0.3, -0.25) is 14.6 Å². The van der Waals surface area contributed by atoms with Gasteiger partial charge in [0.25, 0.3) is 0 Å². The predicted molar refractivity (Wildman–Crippen MR) is 72.6 cm³/mol. The molecule has 0 spiro atoms. The lowest BCUT2D eigenvalue weighted by molar-refractivity contribution is -0.153. The van der Waals surface area contributed by atoms with Gasteiger partial charge in [-0.05, 0) is 6.07 Å². The van der Waals surface area contributed by atoms with Crippen molar-refractivity contribution in [3.63, 3.8) is 0 Å². The minimum absolute atomic E-state index is 0.0395. The number of pyridine rings is 1. The largest absolute Gasteiger partial charge is 0.482 e. The molecule has 0 saturated carbocycles. The number of carbonyl (C=O) groups excluding carboxylic acids is 1. The maximum absolute atomic E-state index is 12.1. The molecule has 0 radical (unpaired) electrons. The topological polar surface area (TPSA) is 88.5 Å². The van der Waals surface area contributed by atoms with Crippen LogP contribution in [0.3, 0.4) is 0 Å². The van der Waals surface area contributed by atoms with Gasteiger partial charge < -0.3 is 15.2 Å². The van der Waals surface area contributed by atoms with Crippen LogP contribution in [0.1, 0.15) is 5.56 Å². The number of carboxylic acids is 1. The van der Waals surface area contributed by atoms with Crippen LogP contribution in [0.2, 0.25) is 0 Å². The number of carbonyl (C=O) groups is 2. The van der Waals surface area contributed by atoms with Crippen molar-refractivity contribution in [2.24, 2.45) is 0 Å². The van der Waals surface area contributed by atoms with Crippen molar-refractivity contribution in [3.05, 3.63) is 24.0 Å². The Balaban J connectivity index is 2.48. The summed E-state index contributed by atoms with van der Waals surface area (Å²) in [4.78, 5) is 25.4. The number of halogens is 3. The summed E-state index contributed by atoms with van der Waals surface area (Å²) in [5.41, 5.74) is 0.343. The van der Waals surface area contributed by atoms with Crippen molar-refractivity contribution >= 4 is 23.6 Å². The molecule has 22 heavy (non-hydrogen) atoms. The van der Waals surface area contributed by atoms with Gasteiger partial charge in [0.15, 0.2) is 6.61 Å². The van der Waals surface area contributed by atoms with Crippen LogP contribution in [0.25, 0.3) is 0 Å². The summed E-state index contributed by atoms with van der Waals surface area (Å²) in [6.07, 6.45) is -1.97. The fourth-order valence-corrected chi connectivity index (χ4v) is 1.88. The molecule has 0 aromatic carbocycles. The van der Waals surface area contributed by atoms with Crippen molar-refractivity contribution in [1.29, 1.82) is 0 Å². The molecule has 1 amide bonds. The Bertz CT molecular complexity index is 525. The molecule has 1 heterocycles. The fourth-order valence-electron chi connectivity index (χ4n) is 1.32. The molecule has 10 heteroatoms. The molecule has 1 aromatic rings. The number of hydrogen-bond donors (Lipinski definition) is 2. The van der Waals surface area contributed by atoms with Crippen molar-refractivity contribution in [2.45, 2.75) is 12.7 Å². The fraction of sp³-hybridized carbons (Fsp3) is 0.417. The SMILES string of the molecule is O=C(O)CSCC(=O)NCc1ccncc1OCC(F)(F)F. The predicted octanol–water partition coefficient (Wildman–Crippen LogP) is 1.46. The van der Waals surface area contributed by atoms with E-state index in [9.17, 15) is 22.8 Å². The van der Waals surface area contributed by atoms with E-state index < -0.39 is 24.7 Å². The van der Waals surface area contributed by atoms with Gasteiger partial charge in [-0.25, -0.2) is 0 Å². The molecule has 0 atom stereocenters. The highest BCUT2D eigenvalue weighted by molar-refractivity contribution is 8.00. The van der Waals surface area contributed by atoms with Crippen LogP contribution in [-0.2, 0) is 16.1 Å². The van der Waals surface area contributed by atoms with Gasteiger partial charge in [-0.2, -0.15) is 13.2 Å². The highest BCUT2D eigenvalue weighted by Crippen LogP contribution is 2.21. The molecule has 0 aliphatic carbocycles. The average Bonchev–Trinajstić information content (AvgIpc) is 2.42. The van der Waals surface area contributed by atoms with E-state index >= 15 is 0 Å². The van der Waals surface area contributed by atoms with E-state index in [0.29, 0.717) is 5.56 Å². The summed E-state index contributed by atoms with van der Waals surface area (Å²) in [5.74, 6) is -1.79. The van der Waals surface area contributed by atoms with E-state index in [0.717, 1.165) is 18.0 Å². The lowest BCUT2D eigenvalue weighted by atomic mass is 10.2. The van der Waals surface area contributed by atoms with Gasteiger partial charge in [0, 0.05) is 18.3 Å². The number of amides is 1. The molecule has 2 N–H and O–H groups in total. The summed E-state index contributed by atoms with van der Waals surface area (Å²) in [6.45, 7) is -1.49. The molecule has 0 aliphatic rings. The number of nitrogens with zero attached hydrogens (tertiary/aromatic N) is 1. The molecule has 0 fully saturated rings. The van der Waals surface area contributed by atoms with E-state index in [1.165, 1.54) is 12.3 Å². The monoisotopic (exact) mass is 338 g/mol. The van der Waals surface area contributed by atoms with Gasteiger partial charge in [0.1, 0.15) is 5.75 Å². The normalized spacial score (nSPS) is 11.0. The molecule has 1 rings (SSSR count). The first-order valence-electron chi connectivity index (χ1n) is 5.96. The summed E-state index contributed by atoms with van der Waals surface area (Å²) in [7, 11) is 0. The Morgan fingerprint density at radius 3 is 2.73 bits per heavy atom. The van der Waals surface area contributed by atoms with Crippen molar-refractivity contribution < 1.29 is 32.6 Å². The van der Waals surface area contributed by atoms with E-state index in [1.54, 1.807) is 0 Å². The first kappa shape index (κ1) is 18.1. The highest BCUT2D eigenvalue weighted by Gasteiger charge is 2.28. The number of rotatable bonds is 8. The summed E-state index contributed by atoms with van der Waals surface area (Å²) in [5, 5.41) is 10.9. The van der Waals surface area contributed by atoms with Crippen LogP contribution in [0.4, 0.5) is 13.2 Å². The van der Waals surface area contributed by atoms with Crippen molar-refractivity contribution in [1.82, 2.24) is 10.3 Å². The summed E-state index contributed by atoms with van der Waals surface area (Å²) < 4.78 is 41.0. The number of ether oxygens (including phenoxy) is 1. The van der Waals surface area contributed by atoms with Gasteiger partial charge in [0.05, 0.1) is 17.7 Å². The Kier molecular flexibility index (Phi) is 6.96. The Labute approximate surface area is 128 Å². The van der Waals surface area contributed by atoms with Crippen LogP contribution in [0.5, 0.6) is 5.75 Å². The minimum Gasteiger partial charge on any atom is -0.482 e. The molecular weight excluding hydrogens is 325 g/mol. The minimum atomic E-state index is -4.47. The van der Waals surface area contributed by atoms with Crippen LogP contribution in [-0.4, -0.2) is 46.3 Å². The van der Waals surface area contributed by atoms with Crippen molar-refractivity contribution in [3.8, 4) is 5.75 Å². The zero-order valence-electron chi connectivity index (χ0n) is 11.2. The second-order valence-electron chi connectivity index (χ2n) is 4.05. The van der Waals surface area contributed by atoms with Gasteiger partial charge in [-0.1, -0.05) is 0 Å². The number of aliphatic carboxylic acids is 1. The molecule has 122 valence electrons. The molecule has 0 bridgehead atoms. The van der Waals surface area contributed by atoms with Crippen molar-refractivity contribution in [2.75, 3.05) is 18.1 Å². The Morgan fingerprint density at radius 2 is 2.09 bits per heavy atom. The van der Waals surface area contributed by atoms with Crippen LogP contribution < -0.4 is 10.1 Å². The first-order valence-corrected chi connectivity index (χ1v) is 7.12. The Morgan fingerprint density at radius 1 is 1.36 bits per heavy atom. The van der Waals surface area contributed by atoms with Crippen LogP contribution in [0, 0.1) is 0 Å². The quantitative estimate of drug-likeness (QED) is 0.746. The zero-order chi connectivity index (χ0) is 16.6. The summed E-state index contributed by atoms with van der Waals surface area (Å²) >= 11 is 0.918. The van der Waals surface area contributed by atoms with Gasteiger partial charge >= 0.3 is 12.1 Å². The highest BCUT2D eigenvalue weighted by atomic mass is 32.2. The third-order valence-corrected chi connectivity index (χ3v) is 3.11.